The normalized spacial score (nSPS) is 10.1. The van der Waals surface area contributed by atoms with Gasteiger partial charge in [0.1, 0.15) is 0 Å². The number of aromatic amines is 1. The van der Waals surface area contributed by atoms with Crippen LogP contribution in [0, 0.1) is 6.92 Å². The Morgan fingerprint density at radius 1 is 1.44 bits per heavy atom. The van der Waals surface area contributed by atoms with Crippen molar-refractivity contribution in [3.63, 3.8) is 0 Å². The molecule has 2 N–H and O–H groups in total. The number of benzene rings is 1. The molecule has 2 rings (SSSR count). The first-order valence-corrected chi connectivity index (χ1v) is 5.09. The molecule has 0 bridgehead atoms. The Hall–Kier alpha value is -2.10. The molecule has 0 fully saturated rings. The Bertz CT molecular complexity index is 477. The Kier molecular flexibility index (Phi) is 3.00. The maximum absolute atomic E-state index is 11.8. The summed E-state index contributed by atoms with van der Waals surface area (Å²) < 4.78 is 0. The molecule has 0 saturated heterocycles. The lowest BCUT2D eigenvalue weighted by molar-refractivity contribution is 0.0950. The molecule has 0 saturated carbocycles. The van der Waals surface area contributed by atoms with Gasteiger partial charge in [-0.2, -0.15) is 5.10 Å². The quantitative estimate of drug-likeness (QED) is 0.817. The molecule has 1 aromatic heterocycles. The smallest absolute Gasteiger partial charge is 0.251 e. The maximum Gasteiger partial charge on any atom is 0.251 e. The summed E-state index contributed by atoms with van der Waals surface area (Å²) in [5.74, 6) is -0.0562. The molecule has 0 spiro atoms. The van der Waals surface area contributed by atoms with Crippen LogP contribution in [0.3, 0.4) is 0 Å². The van der Waals surface area contributed by atoms with Gasteiger partial charge in [0.25, 0.3) is 5.91 Å². The summed E-state index contributed by atoms with van der Waals surface area (Å²) >= 11 is 0. The Labute approximate surface area is 93.7 Å². The van der Waals surface area contributed by atoms with E-state index in [2.05, 4.69) is 15.5 Å². The van der Waals surface area contributed by atoms with Gasteiger partial charge in [-0.05, 0) is 18.6 Å². The molecule has 82 valence electrons. The van der Waals surface area contributed by atoms with E-state index in [1.165, 1.54) is 0 Å². The van der Waals surface area contributed by atoms with Gasteiger partial charge in [-0.1, -0.05) is 18.2 Å². The minimum absolute atomic E-state index is 0.0562. The number of nitrogens with zero attached hydrogens (tertiary/aromatic N) is 1. The molecule has 0 aliphatic rings. The van der Waals surface area contributed by atoms with Crippen LogP contribution >= 0.6 is 0 Å². The monoisotopic (exact) mass is 215 g/mol. The molecule has 16 heavy (non-hydrogen) atoms. The van der Waals surface area contributed by atoms with Crippen LogP contribution in [0.4, 0.5) is 0 Å². The Morgan fingerprint density at radius 2 is 2.25 bits per heavy atom. The fourth-order valence-corrected chi connectivity index (χ4v) is 1.48. The molecule has 0 aliphatic carbocycles. The maximum atomic E-state index is 11.8. The van der Waals surface area contributed by atoms with Crippen LogP contribution in [0.15, 0.2) is 36.7 Å². The first-order valence-electron chi connectivity index (χ1n) is 5.09. The van der Waals surface area contributed by atoms with Gasteiger partial charge in [-0.3, -0.25) is 9.89 Å². The molecule has 4 nitrogen and oxygen atoms in total. The number of aromatic nitrogens is 2. The highest BCUT2D eigenvalue weighted by molar-refractivity contribution is 5.95. The highest BCUT2D eigenvalue weighted by Crippen LogP contribution is 2.06. The number of carbonyl (C=O) groups is 1. The fraction of sp³-hybridized carbons (Fsp3) is 0.167. The van der Waals surface area contributed by atoms with E-state index in [1.54, 1.807) is 12.4 Å². The molecule has 1 aromatic carbocycles. The average molecular weight is 215 g/mol. The number of hydrogen-bond acceptors (Lipinski definition) is 2. The number of aryl methyl sites for hydroxylation is 1. The SMILES string of the molecule is Cc1ccccc1C(=O)NCc1cn[nH]c1. The largest absolute Gasteiger partial charge is 0.348 e. The van der Waals surface area contributed by atoms with Gasteiger partial charge in [0, 0.05) is 23.9 Å². The summed E-state index contributed by atoms with van der Waals surface area (Å²) in [6.07, 6.45) is 3.45. The molecule has 1 heterocycles. The lowest BCUT2D eigenvalue weighted by atomic mass is 10.1. The zero-order valence-corrected chi connectivity index (χ0v) is 9.03. The molecule has 1 amide bonds. The third-order valence-corrected chi connectivity index (χ3v) is 2.40. The van der Waals surface area contributed by atoms with Crippen molar-refractivity contribution in [2.24, 2.45) is 0 Å². The predicted octanol–water partition coefficient (Wildman–Crippen LogP) is 1.65. The van der Waals surface area contributed by atoms with Crippen LogP contribution in [0.25, 0.3) is 0 Å². The average Bonchev–Trinajstić information content (AvgIpc) is 2.79. The van der Waals surface area contributed by atoms with E-state index in [0.29, 0.717) is 12.1 Å². The summed E-state index contributed by atoms with van der Waals surface area (Å²) in [5, 5.41) is 9.36. The fourth-order valence-electron chi connectivity index (χ4n) is 1.48. The van der Waals surface area contributed by atoms with Gasteiger partial charge in [0.2, 0.25) is 0 Å². The van der Waals surface area contributed by atoms with Gasteiger partial charge in [-0.25, -0.2) is 0 Å². The van der Waals surface area contributed by atoms with E-state index >= 15 is 0 Å². The minimum atomic E-state index is -0.0562. The first-order chi connectivity index (χ1) is 7.77. The third kappa shape index (κ3) is 2.28. The molecule has 0 unspecified atom stereocenters. The second-order valence-corrected chi connectivity index (χ2v) is 3.60. The molecular formula is C12H13N3O. The predicted molar refractivity (Wildman–Crippen MR) is 60.9 cm³/mol. The second-order valence-electron chi connectivity index (χ2n) is 3.60. The van der Waals surface area contributed by atoms with Gasteiger partial charge >= 0.3 is 0 Å². The molecule has 0 aliphatic heterocycles. The van der Waals surface area contributed by atoms with Gasteiger partial charge in [0.05, 0.1) is 6.20 Å². The van der Waals surface area contributed by atoms with E-state index in [-0.39, 0.29) is 5.91 Å². The van der Waals surface area contributed by atoms with Crippen LogP contribution in [-0.2, 0) is 6.54 Å². The highest BCUT2D eigenvalue weighted by atomic mass is 16.1. The van der Waals surface area contributed by atoms with Crippen molar-refractivity contribution in [2.75, 3.05) is 0 Å². The van der Waals surface area contributed by atoms with E-state index < -0.39 is 0 Å². The molecular weight excluding hydrogens is 202 g/mol. The van der Waals surface area contributed by atoms with Crippen molar-refractivity contribution >= 4 is 5.91 Å². The van der Waals surface area contributed by atoms with Gasteiger partial charge in [0.15, 0.2) is 0 Å². The van der Waals surface area contributed by atoms with Gasteiger partial charge in [-0.15, -0.1) is 0 Å². The zero-order valence-electron chi connectivity index (χ0n) is 9.03. The van der Waals surface area contributed by atoms with E-state index in [4.69, 9.17) is 0 Å². The number of H-pyrrole nitrogens is 1. The van der Waals surface area contributed by atoms with Crippen molar-refractivity contribution in [3.05, 3.63) is 53.3 Å². The van der Waals surface area contributed by atoms with E-state index in [0.717, 1.165) is 11.1 Å². The van der Waals surface area contributed by atoms with Crippen molar-refractivity contribution in [3.8, 4) is 0 Å². The van der Waals surface area contributed by atoms with Crippen molar-refractivity contribution in [1.82, 2.24) is 15.5 Å². The summed E-state index contributed by atoms with van der Waals surface area (Å²) in [6, 6.07) is 7.52. The van der Waals surface area contributed by atoms with Crippen molar-refractivity contribution in [1.29, 1.82) is 0 Å². The number of nitrogens with one attached hydrogen (secondary N) is 2. The highest BCUT2D eigenvalue weighted by Gasteiger charge is 2.07. The van der Waals surface area contributed by atoms with Crippen LogP contribution in [0.1, 0.15) is 21.5 Å². The minimum Gasteiger partial charge on any atom is -0.348 e. The molecule has 2 aromatic rings. The first kappa shape index (κ1) is 10.4. The Morgan fingerprint density at radius 3 is 2.94 bits per heavy atom. The van der Waals surface area contributed by atoms with E-state index in [9.17, 15) is 4.79 Å². The third-order valence-electron chi connectivity index (χ3n) is 2.40. The summed E-state index contributed by atoms with van der Waals surface area (Å²) in [6.45, 7) is 2.41. The van der Waals surface area contributed by atoms with Crippen molar-refractivity contribution < 1.29 is 4.79 Å². The van der Waals surface area contributed by atoms with Crippen LogP contribution in [0.2, 0.25) is 0 Å². The summed E-state index contributed by atoms with van der Waals surface area (Å²) in [7, 11) is 0. The number of rotatable bonds is 3. The molecule has 0 atom stereocenters. The van der Waals surface area contributed by atoms with Crippen molar-refractivity contribution in [2.45, 2.75) is 13.5 Å². The Balaban J connectivity index is 2.01. The number of carbonyl (C=O) groups excluding carboxylic acids is 1. The number of amides is 1. The summed E-state index contributed by atoms with van der Waals surface area (Å²) in [5.41, 5.74) is 2.65. The van der Waals surface area contributed by atoms with E-state index in [1.807, 2.05) is 31.2 Å². The van der Waals surface area contributed by atoms with Crippen LogP contribution in [0.5, 0.6) is 0 Å². The van der Waals surface area contributed by atoms with Gasteiger partial charge < -0.3 is 5.32 Å². The second kappa shape index (κ2) is 4.61. The molecule has 4 heteroatoms. The van der Waals surface area contributed by atoms with Crippen LogP contribution in [-0.4, -0.2) is 16.1 Å². The zero-order chi connectivity index (χ0) is 11.4. The summed E-state index contributed by atoms with van der Waals surface area (Å²) in [4.78, 5) is 11.8. The topological polar surface area (TPSA) is 57.8 Å². The number of hydrogen-bond donors (Lipinski definition) is 2. The lowest BCUT2D eigenvalue weighted by Gasteiger charge is -2.05. The standard InChI is InChI=1S/C12H13N3O/c1-9-4-2-3-5-11(9)12(16)13-6-10-7-14-15-8-10/h2-5,7-8H,6H2,1H3,(H,13,16)(H,14,15). The lowest BCUT2D eigenvalue weighted by Crippen LogP contribution is -2.23. The van der Waals surface area contributed by atoms with Crippen LogP contribution < -0.4 is 5.32 Å². The molecule has 0 radical (unpaired) electrons.